The van der Waals surface area contributed by atoms with Crippen molar-refractivity contribution in [3.05, 3.63) is 23.3 Å². The van der Waals surface area contributed by atoms with Gasteiger partial charge in [0.1, 0.15) is 0 Å². The predicted octanol–water partition coefficient (Wildman–Crippen LogP) is 1.87. The van der Waals surface area contributed by atoms with E-state index >= 15 is 0 Å². The summed E-state index contributed by atoms with van der Waals surface area (Å²) in [6.07, 6.45) is 0. The fraction of sp³-hybridized carbons (Fsp3) is 0.300. The van der Waals surface area contributed by atoms with Gasteiger partial charge in [-0.25, -0.2) is 4.39 Å². The second kappa shape index (κ2) is 4.34. The van der Waals surface area contributed by atoms with Gasteiger partial charge in [0.05, 0.1) is 13.0 Å². The van der Waals surface area contributed by atoms with Crippen molar-refractivity contribution in [1.29, 1.82) is 0 Å². The molecule has 0 saturated carbocycles. The van der Waals surface area contributed by atoms with Gasteiger partial charge in [-0.3, -0.25) is 4.79 Å². The van der Waals surface area contributed by atoms with Gasteiger partial charge in [-0.2, -0.15) is 4.39 Å². The smallest absolute Gasteiger partial charge is 0.310 e. The van der Waals surface area contributed by atoms with Crippen molar-refractivity contribution in [2.45, 2.75) is 12.8 Å². The molecule has 1 aromatic carbocycles. The molecule has 0 fully saturated rings. The van der Waals surface area contributed by atoms with E-state index in [0.717, 1.165) is 13.2 Å². The molecular weight excluding hydrogens is 222 g/mol. The molecule has 6 heteroatoms. The zero-order valence-corrected chi connectivity index (χ0v) is 8.62. The van der Waals surface area contributed by atoms with E-state index in [4.69, 9.17) is 5.11 Å². The van der Waals surface area contributed by atoms with Crippen LogP contribution in [0.25, 0.3) is 0 Å². The highest BCUT2D eigenvalue weighted by Crippen LogP contribution is 2.36. The third-order valence-corrected chi connectivity index (χ3v) is 2.22. The summed E-state index contributed by atoms with van der Waals surface area (Å²) in [7, 11) is 1.04. The Kier molecular flexibility index (Phi) is 3.31. The van der Waals surface area contributed by atoms with E-state index < -0.39 is 35.0 Å². The number of phenols is 1. The maximum Gasteiger partial charge on any atom is 0.310 e. The van der Waals surface area contributed by atoms with Crippen LogP contribution in [0.4, 0.5) is 8.78 Å². The van der Waals surface area contributed by atoms with Gasteiger partial charge < -0.3 is 14.9 Å². The van der Waals surface area contributed by atoms with Crippen LogP contribution in [0.15, 0.2) is 6.07 Å². The molecule has 0 saturated heterocycles. The van der Waals surface area contributed by atoms with Crippen molar-refractivity contribution < 1.29 is 28.5 Å². The van der Waals surface area contributed by atoms with Gasteiger partial charge in [-0.05, 0) is 13.0 Å². The first-order valence-electron chi connectivity index (χ1n) is 4.37. The fourth-order valence-electron chi connectivity index (χ4n) is 1.26. The van der Waals surface area contributed by atoms with Crippen LogP contribution >= 0.6 is 0 Å². The fourth-order valence-corrected chi connectivity index (χ4v) is 1.26. The predicted molar refractivity (Wildman–Crippen MR) is 50.6 cm³/mol. The standard InChI is InChI=1S/C10H10F2O4/c1-4(10(14)15)5-3-6(11)9(16-2)7(12)8(5)13/h3-4,13H,1-2H3,(H,14,15). The number of phenolic OH excluding ortho intramolecular Hbond substituents is 1. The maximum atomic E-state index is 13.3. The van der Waals surface area contributed by atoms with Crippen molar-refractivity contribution in [1.82, 2.24) is 0 Å². The summed E-state index contributed by atoms with van der Waals surface area (Å²) in [5.74, 6) is -6.51. The molecule has 0 spiro atoms. The van der Waals surface area contributed by atoms with Crippen molar-refractivity contribution in [3.63, 3.8) is 0 Å². The summed E-state index contributed by atoms with van der Waals surface area (Å²) in [5.41, 5.74) is -0.330. The van der Waals surface area contributed by atoms with Crippen molar-refractivity contribution in [3.8, 4) is 11.5 Å². The topological polar surface area (TPSA) is 66.8 Å². The zero-order chi connectivity index (χ0) is 12.5. The van der Waals surface area contributed by atoms with E-state index in [1.807, 2.05) is 0 Å². The third-order valence-electron chi connectivity index (χ3n) is 2.22. The molecule has 1 aromatic rings. The van der Waals surface area contributed by atoms with Crippen LogP contribution < -0.4 is 4.74 Å². The number of rotatable bonds is 3. The molecule has 0 aliphatic rings. The lowest BCUT2D eigenvalue weighted by Gasteiger charge is -2.12. The number of carboxylic acid groups (broad SMARTS) is 1. The summed E-state index contributed by atoms with van der Waals surface area (Å²) in [5, 5.41) is 18.0. The lowest BCUT2D eigenvalue weighted by Crippen LogP contribution is -2.09. The minimum absolute atomic E-state index is 0.330. The van der Waals surface area contributed by atoms with Gasteiger partial charge in [0.2, 0.25) is 5.82 Å². The second-order valence-electron chi connectivity index (χ2n) is 3.20. The normalized spacial score (nSPS) is 12.2. The van der Waals surface area contributed by atoms with Gasteiger partial charge in [0, 0.05) is 5.56 Å². The summed E-state index contributed by atoms with van der Waals surface area (Å²) in [6, 6.07) is 0.746. The Hall–Kier alpha value is -1.85. The van der Waals surface area contributed by atoms with E-state index in [-0.39, 0.29) is 5.56 Å². The highest BCUT2D eigenvalue weighted by Gasteiger charge is 2.25. The van der Waals surface area contributed by atoms with E-state index in [0.29, 0.717) is 0 Å². The van der Waals surface area contributed by atoms with Crippen LogP contribution in [0.5, 0.6) is 11.5 Å². The quantitative estimate of drug-likeness (QED) is 0.834. The van der Waals surface area contributed by atoms with Crippen LogP contribution in [0.3, 0.4) is 0 Å². The second-order valence-corrected chi connectivity index (χ2v) is 3.20. The number of aromatic hydroxyl groups is 1. The van der Waals surface area contributed by atoms with Gasteiger partial charge in [-0.15, -0.1) is 0 Å². The Bertz CT molecular complexity index is 431. The number of carbonyl (C=O) groups is 1. The van der Waals surface area contributed by atoms with E-state index in [1.54, 1.807) is 0 Å². The molecule has 4 nitrogen and oxygen atoms in total. The average Bonchev–Trinajstić information content (AvgIpc) is 2.23. The number of halogens is 2. The first-order chi connectivity index (χ1) is 7.40. The summed E-state index contributed by atoms with van der Waals surface area (Å²) < 4.78 is 31.0. The molecule has 1 atom stereocenters. The van der Waals surface area contributed by atoms with E-state index in [1.165, 1.54) is 6.92 Å². The molecule has 88 valence electrons. The molecule has 1 rings (SSSR count). The Morgan fingerprint density at radius 2 is 2.06 bits per heavy atom. The minimum Gasteiger partial charge on any atom is -0.505 e. The Balaban J connectivity index is 3.39. The third kappa shape index (κ3) is 1.91. The number of methoxy groups -OCH3 is 1. The number of aliphatic carboxylic acids is 1. The van der Waals surface area contributed by atoms with Gasteiger partial charge in [-0.1, -0.05) is 0 Å². The number of benzene rings is 1. The largest absolute Gasteiger partial charge is 0.505 e. The van der Waals surface area contributed by atoms with Crippen molar-refractivity contribution in [2.75, 3.05) is 7.11 Å². The van der Waals surface area contributed by atoms with E-state index in [2.05, 4.69) is 4.74 Å². The Labute approximate surface area is 90.1 Å². The molecule has 0 aliphatic carbocycles. The number of carboxylic acids is 1. The molecule has 0 amide bonds. The highest BCUT2D eigenvalue weighted by atomic mass is 19.1. The highest BCUT2D eigenvalue weighted by molar-refractivity contribution is 5.76. The molecule has 16 heavy (non-hydrogen) atoms. The molecule has 0 aromatic heterocycles. The van der Waals surface area contributed by atoms with Gasteiger partial charge >= 0.3 is 5.97 Å². The Morgan fingerprint density at radius 3 is 2.50 bits per heavy atom. The zero-order valence-electron chi connectivity index (χ0n) is 8.62. The number of hydrogen-bond acceptors (Lipinski definition) is 3. The maximum absolute atomic E-state index is 13.3. The van der Waals surface area contributed by atoms with Crippen LogP contribution in [0.1, 0.15) is 18.4 Å². The number of ether oxygens (including phenoxy) is 1. The van der Waals surface area contributed by atoms with Gasteiger partial charge in [0.25, 0.3) is 0 Å². The lowest BCUT2D eigenvalue weighted by atomic mass is 9.99. The van der Waals surface area contributed by atoms with E-state index in [9.17, 15) is 18.7 Å². The molecule has 0 heterocycles. The first kappa shape index (κ1) is 12.2. The van der Waals surface area contributed by atoms with Crippen molar-refractivity contribution in [2.24, 2.45) is 0 Å². The van der Waals surface area contributed by atoms with Crippen LogP contribution in [-0.4, -0.2) is 23.3 Å². The summed E-state index contributed by atoms with van der Waals surface area (Å²) in [4.78, 5) is 10.6. The molecule has 0 bridgehead atoms. The average molecular weight is 232 g/mol. The number of hydrogen-bond donors (Lipinski definition) is 2. The first-order valence-corrected chi connectivity index (χ1v) is 4.37. The molecule has 2 N–H and O–H groups in total. The SMILES string of the molecule is COc1c(F)cc(C(C)C(=O)O)c(O)c1F. The van der Waals surface area contributed by atoms with Crippen LogP contribution in [0, 0.1) is 11.6 Å². The molecule has 0 radical (unpaired) electrons. The summed E-state index contributed by atoms with van der Waals surface area (Å²) in [6.45, 7) is 1.21. The van der Waals surface area contributed by atoms with Gasteiger partial charge in [0.15, 0.2) is 17.3 Å². The molecule has 0 aliphatic heterocycles. The lowest BCUT2D eigenvalue weighted by molar-refractivity contribution is -0.138. The molecular formula is C10H10F2O4. The van der Waals surface area contributed by atoms with Crippen LogP contribution in [-0.2, 0) is 4.79 Å². The Morgan fingerprint density at radius 1 is 1.50 bits per heavy atom. The minimum atomic E-state index is -1.30. The monoisotopic (exact) mass is 232 g/mol. The summed E-state index contributed by atoms with van der Waals surface area (Å²) >= 11 is 0. The van der Waals surface area contributed by atoms with Crippen molar-refractivity contribution >= 4 is 5.97 Å². The van der Waals surface area contributed by atoms with Crippen LogP contribution in [0.2, 0.25) is 0 Å². The molecule has 1 unspecified atom stereocenters.